The molecule has 0 saturated heterocycles. The molecule has 13 heavy (non-hydrogen) atoms. The van der Waals surface area contributed by atoms with Gasteiger partial charge in [0.05, 0.1) is 5.69 Å². The van der Waals surface area contributed by atoms with Gasteiger partial charge in [0.15, 0.2) is 0 Å². The van der Waals surface area contributed by atoms with Crippen LogP contribution in [0.4, 0.5) is 0 Å². The van der Waals surface area contributed by atoms with E-state index in [1.807, 2.05) is 0 Å². The van der Waals surface area contributed by atoms with Crippen molar-refractivity contribution in [2.75, 3.05) is 0 Å². The quantitative estimate of drug-likeness (QED) is 0.683. The molecule has 1 aromatic rings. The van der Waals surface area contributed by atoms with Gasteiger partial charge in [-0.3, -0.25) is 9.97 Å². The normalized spacial score (nSPS) is 14.2. The zero-order valence-corrected chi connectivity index (χ0v) is 9.04. The van der Waals surface area contributed by atoms with Gasteiger partial charge in [0.1, 0.15) is 0 Å². The third kappa shape index (κ3) is 3.31. The Kier molecular flexibility index (Phi) is 3.26. The molecule has 0 bridgehead atoms. The number of alkyl halides is 1. The number of hydrogen-bond acceptors (Lipinski definition) is 2. The summed E-state index contributed by atoms with van der Waals surface area (Å²) in [5.74, 6) is 0. The molecule has 0 radical (unpaired) electrons. The van der Waals surface area contributed by atoms with E-state index in [1.54, 1.807) is 18.6 Å². The second-order valence-electron chi connectivity index (χ2n) is 4.23. The van der Waals surface area contributed by atoms with Crippen LogP contribution in [-0.2, 0) is 6.42 Å². The summed E-state index contributed by atoms with van der Waals surface area (Å²) in [5.41, 5.74) is 1.07. The minimum Gasteiger partial charge on any atom is -0.261 e. The van der Waals surface area contributed by atoms with Gasteiger partial charge in [0, 0.05) is 30.4 Å². The van der Waals surface area contributed by atoms with Crippen molar-refractivity contribution in [2.45, 2.75) is 32.6 Å². The Morgan fingerprint density at radius 2 is 2.08 bits per heavy atom. The zero-order chi connectivity index (χ0) is 9.90. The molecule has 0 saturated carbocycles. The smallest absolute Gasteiger partial charge is 0.0601 e. The van der Waals surface area contributed by atoms with Crippen molar-refractivity contribution in [3.63, 3.8) is 0 Å². The van der Waals surface area contributed by atoms with E-state index in [0.29, 0.717) is 0 Å². The monoisotopic (exact) mass is 198 g/mol. The molecule has 0 aromatic carbocycles. The Labute approximate surface area is 84.4 Å². The van der Waals surface area contributed by atoms with Gasteiger partial charge >= 0.3 is 0 Å². The summed E-state index contributed by atoms with van der Waals surface area (Å²) in [4.78, 5) is 8.18. The fraction of sp³-hybridized carbons (Fsp3) is 0.600. The molecular formula is C10H15ClN2. The summed E-state index contributed by atoms with van der Waals surface area (Å²) in [6, 6.07) is 0. The first kappa shape index (κ1) is 10.5. The third-order valence-electron chi connectivity index (χ3n) is 1.94. The summed E-state index contributed by atoms with van der Waals surface area (Å²) >= 11 is 6.22. The molecule has 0 N–H and O–H groups in total. The average molecular weight is 199 g/mol. The molecule has 1 aromatic heterocycles. The van der Waals surface area contributed by atoms with E-state index in [0.717, 1.165) is 12.1 Å². The zero-order valence-electron chi connectivity index (χ0n) is 8.29. The molecule has 0 spiro atoms. The molecular weight excluding hydrogens is 184 g/mol. The van der Waals surface area contributed by atoms with Gasteiger partial charge in [-0.2, -0.15) is 0 Å². The van der Waals surface area contributed by atoms with Crippen LogP contribution in [0, 0.1) is 5.41 Å². The van der Waals surface area contributed by atoms with Crippen LogP contribution in [0.3, 0.4) is 0 Å². The third-order valence-corrected chi connectivity index (χ3v) is 2.75. The van der Waals surface area contributed by atoms with Crippen molar-refractivity contribution in [3.8, 4) is 0 Å². The molecule has 72 valence electrons. The van der Waals surface area contributed by atoms with Gasteiger partial charge < -0.3 is 0 Å². The van der Waals surface area contributed by atoms with Crippen LogP contribution in [0.25, 0.3) is 0 Å². The Bertz CT molecular complexity index is 253. The molecule has 0 amide bonds. The van der Waals surface area contributed by atoms with Gasteiger partial charge in [-0.25, -0.2) is 0 Å². The van der Waals surface area contributed by atoms with Crippen molar-refractivity contribution in [3.05, 3.63) is 24.3 Å². The highest BCUT2D eigenvalue weighted by Crippen LogP contribution is 2.26. The Morgan fingerprint density at radius 3 is 2.54 bits per heavy atom. The molecule has 0 aliphatic rings. The van der Waals surface area contributed by atoms with Crippen LogP contribution in [0.15, 0.2) is 18.6 Å². The SMILES string of the molecule is CC(C)(C)C(Cl)Cc1cnccn1. The standard InChI is InChI=1S/C10H15ClN2/c1-10(2,3)9(11)6-8-7-12-4-5-13-8/h4-5,7,9H,6H2,1-3H3. The van der Waals surface area contributed by atoms with E-state index >= 15 is 0 Å². The van der Waals surface area contributed by atoms with Crippen molar-refractivity contribution >= 4 is 11.6 Å². The molecule has 0 fully saturated rings. The predicted octanol–water partition coefficient (Wildman–Crippen LogP) is 2.67. The molecule has 1 heterocycles. The highest BCUT2D eigenvalue weighted by molar-refractivity contribution is 6.21. The van der Waals surface area contributed by atoms with E-state index in [1.165, 1.54) is 0 Å². The minimum atomic E-state index is 0.101. The predicted molar refractivity (Wildman–Crippen MR) is 54.8 cm³/mol. The van der Waals surface area contributed by atoms with Crippen LogP contribution in [0.2, 0.25) is 0 Å². The molecule has 0 aliphatic heterocycles. The van der Waals surface area contributed by atoms with Crippen LogP contribution in [0.5, 0.6) is 0 Å². The average Bonchev–Trinajstić information content (AvgIpc) is 2.04. The van der Waals surface area contributed by atoms with Crippen molar-refractivity contribution in [2.24, 2.45) is 5.41 Å². The van der Waals surface area contributed by atoms with Gasteiger partial charge in [-0.1, -0.05) is 20.8 Å². The van der Waals surface area contributed by atoms with Gasteiger partial charge in [0.25, 0.3) is 0 Å². The van der Waals surface area contributed by atoms with Crippen LogP contribution >= 0.6 is 11.6 Å². The number of rotatable bonds is 2. The molecule has 3 heteroatoms. The summed E-state index contributed by atoms with van der Waals surface area (Å²) in [6.07, 6.45) is 5.91. The maximum atomic E-state index is 6.22. The van der Waals surface area contributed by atoms with Crippen molar-refractivity contribution in [1.29, 1.82) is 0 Å². The maximum Gasteiger partial charge on any atom is 0.0601 e. The van der Waals surface area contributed by atoms with Crippen molar-refractivity contribution in [1.82, 2.24) is 9.97 Å². The summed E-state index contributed by atoms with van der Waals surface area (Å²) < 4.78 is 0. The maximum absolute atomic E-state index is 6.22. The van der Waals surface area contributed by atoms with Crippen LogP contribution in [0.1, 0.15) is 26.5 Å². The van der Waals surface area contributed by atoms with Gasteiger partial charge in [0.2, 0.25) is 0 Å². The minimum absolute atomic E-state index is 0.101. The topological polar surface area (TPSA) is 25.8 Å². The lowest BCUT2D eigenvalue weighted by Crippen LogP contribution is -2.23. The Balaban J connectivity index is 2.61. The highest BCUT2D eigenvalue weighted by Gasteiger charge is 2.22. The molecule has 1 rings (SSSR count). The summed E-state index contributed by atoms with van der Waals surface area (Å²) in [6.45, 7) is 6.38. The van der Waals surface area contributed by atoms with Gasteiger partial charge in [-0.15, -0.1) is 11.6 Å². The fourth-order valence-corrected chi connectivity index (χ4v) is 1.08. The second kappa shape index (κ2) is 4.05. The number of nitrogens with zero attached hydrogens (tertiary/aromatic N) is 2. The Hall–Kier alpha value is -0.630. The highest BCUT2D eigenvalue weighted by atomic mass is 35.5. The van der Waals surface area contributed by atoms with Gasteiger partial charge in [-0.05, 0) is 5.41 Å². The van der Waals surface area contributed by atoms with E-state index < -0.39 is 0 Å². The number of halogens is 1. The fourth-order valence-electron chi connectivity index (χ4n) is 0.925. The molecule has 0 aliphatic carbocycles. The lowest BCUT2D eigenvalue weighted by molar-refractivity contribution is 0.384. The van der Waals surface area contributed by atoms with E-state index in [2.05, 4.69) is 30.7 Å². The summed E-state index contributed by atoms with van der Waals surface area (Å²) in [5, 5.41) is 0.101. The number of hydrogen-bond donors (Lipinski definition) is 0. The van der Waals surface area contributed by atoms with Crippen LogP contribution < -0.4 is 0 Å². The molecule has 1 atom stereocenters. The Morgan fingerprint density at radius 1 is 1.38 bits per heavy atom. The lowest BCUT2D eigenvalue weighted by atomic mass is 9.89. The largest absolute Gasteiger partial charge is 0.261 e. The molecule has 2 nitrogen and oxygen atoms in total. The lowest BCUT2D eigenvalue weighted by Gasteiger charge is -2.24. The first-order valence-corrected chi connectivity index (χ1v) is 4.83. The number of aromatic nitrogens is 2. The first-order valence-electron chi connectivity index (χ1n) is 4.39. The van der Waals surface area contributed by atoms with E-state index in [9.17, 15) is 0 Å². The van der Waals surface area contributed by atoms with Crippen LogP contribution in [-0.4, -0.2) is 15.3 Å². The second-order valence-corrected chi connectivity index (χ2v) is 4.76. The van der Waals surface area contributed by atoms with E-state index in [4.69, 9.17) is 11.6 Å². The first-order chi connectivity index (χ1) is 6.00. The summed E-state index contributed by atoms with van der Waals surface area (Å²) in [7, 11) is 0. The van der Waals surface area contributed by atoms with E-state index in [-0.39, 0.29) is 10.8 Å². The van der Waals surface area contributed by atoms with Crippen molar-refractivity contribution < 1.29 is 0 Å². The molecule has 1 unspecified atom stereocenters.